The summed E-state index contributed by atoms with van der Waals surface area (Å²) >= 11 is 0. The molecule has 0 aliphatic carbocycles. The number of likely N-dealkylation sites (N-methyl/N-ethyl adjacent to an activating group) is 1. The molecule has 0 saturated heterocycles. The lowest BCUT2D eigenvalue weighted by atomic mass is 10.0. The van der Waals surface area contributed by atoms with Gasteiger partial charge >= 0.3 is 0 Å². The normalized spacial score (nSPS) is 12.6. The van der Waals surface area contributed by atoms with Gasteiger partial charge in [0.25, 0.3) is 0 Å². The Morgan fingerprint density at radius 2 is 2.05 bits per heavy atom. The van der Waals surface area contributed by atoms with E-state index in [9.17, 15) is 4.79 Å². The molecular formula is C16H21N3O. The van der Waals surface area contributed by atoms with Crippen molar-refractivity contribution in [3.05, 3.63) is 54.1 Å². The molecule has 0 bridgehead atoms. The predicted octanol–water partition coefficient (Wildman–Crippen LogP) is 2.51. The number of imidazole rings is 1. The van der Waals surface area contributed by atoms with Gasteiger partial charge in [-0.25, -0.2) is 4.98 Å². The van der Waals surface area contributed by atoms with Crippen molar-refractivity contribution in [2.75, 3.05) is 7.05 Å². The summed E-state index contributed by atoms with van der Waals surface area (Å²) in [6.45, 7) is 2.71. The van der Waals surface area contributed by atoms with Crippen LogP contribution in [0, 0.1) is 0 Å². The second kappa shape index (κ2) is 6.48. The topological polar surface area (TPSA) is 38.1 Å². The van der Waals surface area contributed by atoms with Gasteiger partial charge in [-0.15, -0.1) is 0 Å². The van der Waals surface area contributed by atoms with Crippen molar-refractivity contribution in [3.8, 4) is 0 Å². The van der Waals surface area contributed by atoms with E-state index < -0.39 is 0 Å². The van der Waals surface area contributed by atoms with Crippen LogP contribution in [0.2, 0.25) is 0 Å². The van der Waals surface area contributed by atoms with Gasteiger partial charge in [0.05, 0.1) is 12.6 Å². The molecule has 0 N–H and O–H groups in total. The van der Waals surface area contributed by atoms with Gasteiger partial charge in [-0.3, -0.25) is 9.69 Å². The first-order valence-electron chi connectivity index (χ1n) is 6.89. The molecule has 0 fully saturated rings. The van der Waals surface area contributed by atoms with E-state index in [4.69, 9.17) is 0 Å². The third-order valence-electron chi connectivity index (χ3n) is 3.59. The quantitative estimate of drug-likeness (QED) is 0.758. The fourth-order valence-corrected chi connectivity index (χ4v) is 2.37. The van der Waals surface area contributed by atoms with Crippen molar-refractivity contribution < 1.29 is 4.79 Å². The zero-order valence-corrected chi connectivity index (χ0v) is 12.3. The monoisotopic (exact) mass is 271 g/mol. The molecule has 1 aromatic heterocycles. The highest BCUT2D eigenvalue weighted by molar-refractivity contribution is 6.00. The van der Waals surface area contributed by atoms with Gasteiger partial charge < -0.3 is 4.57 Å². The Labute approximate surface area is 120 Å². The number of hydrogen-bond donors (Lipinski definition) is 0. The third kappa shape index (κ3) is 3.14. The Hall–Kier alpha value is -1.94. The molecule has 1 atom stereocenters. The van der Waals surface area contributed by atoms with Crippen LogP contribution in [-0.2, 0) is 13.6 Å². The summed E-state index contributed by atoms with van der Waals surface area (Å²) in [6, 6.07) is 9.36. The molecule has 20 heavy (non-hydrogen) atoms. The lowest BCUT2D eigenvalue weighted by molar-refractivity contribution is 0.0834. The van der Waals surface area contributed by atoms with Crippen LogP contribution >= 0.6 is 0 Å². The average molecular weight is 271 g/mol. The van der Waals surface area contributed by atoms with Crippen LogP contribution in [0.5, 0.6) is 0 Å². The molecule has 0 radical (unpaired) electrons. The maximum Gasteiger partial charge on any atom is 0.179 e. The fourth-order valence-electron chi connectivity index (χ4n) is 2.37. The molecule has 0 aliphatic rings. The van der Waals surface area contributed by atoms with Gasteiger partial charge in [-0.1, -0.05) is 37.3 Å². The molecule has 0 aliphatic heterocycles. The van der Waals surface area contributed by atoms with Gasteiger partial charge in [0.1, 0.15) is 5.82 Å². The van der Waals surface area contributed by atoms with Gasteiger partial charge in [0, 0.05) is 25.0 Å². The molecule has 1 unspecified atom stereocenters. The van der Waals surface area contributed by atoms with Gasteiger partial charge in [-0.2, -0.15) is 0 Å². The van der Waals surface area contributed by atoms with Crippen LogP contribution in [0.25, 0.3) is 0 Å². The standard InChI is InChI=1S/C16H21N3O/c1-4-14(16(20)13-8-6-5-7-9-13)19(3)12-15-17-10-11-18(15)2/h5-11,14H,4,12H2,1-3H3. The van der Waals surface area contributed by atoms with E-state index in [-0.39, 0.29) is 11.8 Å². The molecular weight excluding hydrogens is 250 g/mol. The second-order valence-corrected chi connectivity index (χ2v) is 5.02. The molecule has 2 aromatic rings. The minimum Gasteiger partial charge on any atom is -0.337 e. The highest BCUT2D eigenvalue weighted by Crippen LogP contribution is 2.13. The minimum absolute atomic E-state index is 0.117. The Kier molecular flexibility index (Phi) is 4.69. The summed E-state index contributed by atoms with van der Waals surface area (Å²) in [4.78, 5) is 18.9. The van der Waals surface area contributed by atoms with Crippen LogP contribution in [0.15, 0.2) is 42.7 Å². The largest absolute Gasteiger partial charge is 0.337 e. The van der Waals surface area contributed by atoms with Crippen molar-refractivity contribution in [1.29, 1.82) is 0 Å². The van der Waals surface area contributed by atoms with Crippen molar-refractivity contribution in [3.63, 3.8) is 0 Å². The first kappa shape index (κ1) is 14.5. The van der Waals surface area contributed by atoms with Crippen LogP contribution in [0.1, 0.15) is 29.5 Å². The summed E-state index contributed by atoms with van der Waals surface area (Å²) in [7, 11) is 3.94. The SMILES string of the molecule is CCC(C(=O)c1ccccc1)N(C)Cc1nccn1C. The minimum atomic E-state index is -0.117. The number of rotatable bonds is 6. The molecule has 1 aromatic carbocycles. The molecule has 4 nitrogen and oxygen atoms in total. The zero-order chi connectivity index (χ0) is 14.5. The van der Waals surface area contributed by atoms with E-state index in [0.29, 0.717) is 6.54 Å². The predicted molar refractivity (Wildman–Crippen MR) is 79.5 cm³/mol. The first-order chi connectivity index (χ1) is 9.63. The van der Waals surface area contributed by atoms with E-state index in [1.807, 2.05) is 62.1 Å². The zero-order valence-electron chi connectivity index (χ0n) is 12.3. The van der Waals surface area contributed by atoms with Crippen LogP contribution in [0.3, 0.4) is 0 Å². The lowest BCUT2D eigenvalue weighted by Crippen LogP contribution is -2.38. The lowest BCUT2D eigenvalue weighted by Gasteiger charge is -2.25. The smallest absolute Gasteiger partial charge is 0.179 e. The first-order valence-corrected chi connectivity index (χ1v) is 6.89. The summed E-state index contributed by atoms with van der Waals surface area (Å²) in [5.41, 5.74) is 0.769. The number of Topliss-reactive ketones (excluding diaryl/α,β-unsaturated/α-hetero) is 1. The maximum absolute atomic E-state index is 12.6. The Bertz CT molecular complexity index is 562. The Balaban J connectivity index is 2.11. The molecule has 0 saturated carbocycles. The van der Waals surface area contributed by atoms with Crippen molar-refractivity contribution in [1.82, 2.24) is 14.5 Å². The highest BCUT2D eigenvalue weighted by Gasteiger charge is 2.23. The van der Waals surface area contributed by atoms with E-state index in [1.165, 1.54) is 0 Å². The number of hydrogen-bond acceptors (Lipinski definition) is 3. The van der Waals surface area contributed by atoms with Crippen LogP contribution < -0.4 is 0 Å². The molecule has 1 heterocycles. The number of nitrogens with zero attached hydrogens (tertiary/aromatic N) is 3. The van der Waals surface area contributed by atoms with E-state index in [1.54, 1.807) is 6.20 Å². The molecule has 0 spiro atoms. The second-order valence-electron chi connectivity index (χ2n) is 5.02. The number of benzene rings is 1. The fraction of sp³-hybridized carbons (Fsp3) is 0.375. The van der Waals surface area contributed by atoms with Crippen molar-refractivity contribution >= 4 is 5.78 Å². The van der Waals surface area contributed by atoms with Crippen LogP contribution in [0.4, 0.5) is 0 Å². The van der Waals surface area contributed by atoms with Crippen molar-refractivity contribution in [2.45, 2.75) is 25.9 Å². The van der Waals surface area contributed by atoms with E-state index in [2.05, 4.69) is 9.88 Å². The Morgan fingerprint density at radius 3 is 2.60 bits per heavy atom. The third-order valence-corrected chi connectivity index (χ3v) is 3.59. The molecule has 106 valence electrons. The summed E-state index contributed by atoms with van der Waals surface area (Å²) in [6.07, 6.45) is 4.49. The van der Waals surface area contributed by atoms with Crippen LogP contribution in [-0.4, -0.2) is 33.3 Å². The number of aromatic nitrogens is 2. The van der Waals surface area contributed by atoms with Crippen molar-refractivity contribution in [2.24, 2.45) is 7.05 Å². The van der Waals surface area contributed by atoms with E-state index >= 15 is 0 Å². The summed E-state index contributed by atoms with van der Waals surface area (Å²) in [5.74, 6) is 1.14. The summed E-state index contributed by atoms with van der Waals surface area (Å²) in [5, 5.41) is 0. The number of carbonyl (C=O) groups is 1. The van der Waals surface area contributed by atoms with Gasteiger partial charge in [0.2, 0.25) is 0 Å². The number of carbonyl (C=O) groups excluding carboxylic acids is 1. The maximum atomic E-state index is 12.6. The summed E-state index contributed by atoms with van der Waals surface area (Å²) < 4.78 is 1.98. The number of ketones is 1. The van der Waals surface area contributed by atoms with E-state index in [0.717, 1.165) is 17.8 Å². The Morgan fingerprint density at radius 1 is 1.35 bits per heavy atom. The number of aryl methyl sites for hydroxylation is 1. The average Bonchev–Trinajstić information content (AvgIpc) is 2.86. The molecule has 2 rings (SSSR count). The molecule has 4 heteroatoms. The highest BCUT2D eigenvalue weighted by atomic mass is 16.1. The van der Waals surface area contributed by atoms with Gasteiger partial charge in [-0.05, 0) is 13.5 Å². The van der Waals surface area contributed by atoms with Gasteiger partial charge in [0.15, 0.2) is 5.78 Å². The molecule has 0 amide bonds.